The molecule has 0 spiro atoms. The molecule has 5 heteroatoms. The molecule has 11 heavy (non-hydrogen) atoms. The SMILES string of the molecule is N#CC(Cl)CSc1nccs1. The van der Waals surface area contributed by atoms with Crippen molar-refractivity contribution in [2.24, 2.45) is 0 Å². The van der Waals surface area contributed by atoms with Gasteiger partial charge >= 0.3 is 0 Å². The Labute approximate surface area is 78.2 Å². The predicted octanol–water partition coefficient (Wildman–Crippen LogP) is 2.37. The average Bonchev–Trinajstić information content (AvgIpc) is 2.52. The lowest BCUT2D eigenvalue weighted by Crippen LogP contribution is -1.96. The average molecular weight is 205 g/mol. The van der Waals surface area contributed by atoms with Gasteiger partial charge in [0.1, 0.15) is 9.72 Å². The van der Waals surface area contributed by atoms with E-state index in [1.807, 2.05) is 11.4 Å². The van der Waals surface area contributed by atoms with Crippen LogP contribution in [-0.4, -0.2) is 16.1 Å². The fraction of sp³-hybridized carbons (Fsp3) is 0.333. The quantitative estimate of drug-likeness (QED) is 0.560. The largest absolute Gasteiger partial charge is 0.238 e. The molecule has 0 aliphatic rings. The van der Waals surface area contributed by atoms with Crippen molar-refractivity contribution in [1.29, 1.82) is 5.26 Å². The third-order valence-corrected chi connectivity index (χ3v) is 3.40. The highest BCUT2D eigenvalue weighted by atomic mass is 35.5. The molecule has 0 N–H and O–H groups in total. The highest BCUT2D eigenvalue weighted by Crippen LogP contribution is 2.21. The maximum Gasteiger partial charge on any atom is 0.149 e. The topological polar surface area (TPSA) is 36.7 Å². The summed E-state index contributed by atoms with van der Waals surface area (Å²) in [4.78, 5) is 4.04. The molecular weight excluding hydrogens is 200 g/mol. The van der Waals surface area contributed by atoms with Gasteiger partial charge in [-0.1, -0.05) is 11.8 Å². The van der Waals surface area contributed by atoms with E-state index in [9.17, 15) is 0 Å². The van der Waals surface area contributed by atoms with E-state index in [2.05, 4.69) is 4.98 Å². The van der Waals surface area contributed by atoms with Crippen molar-refractivity contribution in [3.63, 3.8) is 0 Å². The molecule has 2 nitrogen and oxygen atoms in total. The van der Waals surface area contributed by atoms with E-state index in [1.165, 1.54) is 11.8 Å². The van der Waals surface area contributed by atoms with Gasteiger partial charge < -0.3 is 0 Å². The normalized spacial score (nSPS) is 12.4. The molecule has 1 atom stereocenters. The highest BCUT2D eigenvalue weighted by Gasteiger charge is 2.03. The molecule has 0 aliphatic heterocycles. The van der Waals surface area contributed by atoms with E-state index in [-0.39, 0.29) is 0 Å². The van der Waals surface area contributed by atoms with Crippen LogP contribution in [0.3, 0.4) is 0 Å². The molecule has 0 bridgehead atoms. The molecule has 0 saturated heterocycles. The standard InChI is InChI=1S/C6H5ClN2S2/c7-5(3-8)4-11-6-9-1-2-10-6/h1-2,5H,4H2. The number of nitrogens with zero attached hydrogens (tertiary/aromatic N) is 2. The van der Waals surface area contributed by atoms with Gasteiger partial charge in [-0.3, -0.25) is 0 Å². The Balaban J connectivity index is 2.30. The third kappa shape index (κ3) is 3.10. The minimum atomic E-state index is -0.413. The Morgan fingerprint density at radius 2 is 2.73 bits per heavy atom. The van der Waals surface area contributed by atoms with Crippen molar-refractivity contribution in [3.8, 4) is 6.07 Å². The van der Waals surface area contributed by atoms with Crippen LogP contribution in [-0.2, 0) is 0 Å². The Morgan fingerprint density at radius 1 is 1.91 bits per heavy atom. The van der Waals surface area contributed by atoms with Gasteiger partial charge in [0.2, 0.25) is 0 Å². The number of thiazole rings is 1. The van der Waals surface area contributed by atoms with Crippen LogP contribution in [0, 0.1) is 11.3 Å². The predicted molar refractivity (Wildman–Crippen MR) is 48.1 cm³/mol. The summed E-state index contributed by atoms with van der Waals surface area (Å²) >= 11 is 8.65. The molecule has 1 unspecified atom stereocenters. The number of hydrogen-bond donors (Lipinski definition) is 0. The van der Waals surface area contributed by atoms with E-state index in [1.54, 1.807) is 17.5 Å². The van der Waals surface area contributed by atoms with Crippen LogP contribution >= 0.6 is 34.7 Å². The Hall–Kier alpha value is -0.240. The summed E-state index contributed by atoms with van der Waals surface area (Å²) in [5, 5.41) is 9.84. The van der Waals surface area contributed by atoms with E-state index >= 15 is 0 Å². The monoisotopic (exact) mass is 204 g/mol. The lowest BCUT2D eigenvalue weighted by molar-refractivity contribution is 1.21. The lowest BCUT2D eigenvalue weighted by Gasteiger charge is -1.95. The Kier molecular flexibility index (Phi) is 3.70. The number of hydrogen-bond acceptors (Lipinski definition) is 4. The zero-order chi connectivity index (χ0) is 8.10. The van der Waals surface area contributed by atoms with Gasteiger partial charge in [-0.15, -0.1) is 22.9 Å². The van der Waals surface area contributed by atoms with Crippen molar-refractivity contribution in [2.75, 3.05) is 5.75 Å². The van der Waals surface area contributed by atoms with Gasteiger partial charge in [-0.2, -0.15) is 5.26 Å². The zero-order valence-electron chi connectivity index (χ0n) is 5.53. The molecule has 1 rings (SSSR count). The van der Waals surface area contributed by atoms with Crippen molar-refractivity contribution < 1.29 is 0 Å². The van der Waals surface area contributed by atoms with Crippen LogP contribution < -0.4 is 0 Å². The molecule has 0 amide bonds. The second kappa shape index (κ2) is 4.60. The molecule has 58 valence electrons. The number of thioether (sulfide) groups is 1. The second-order valence-electron chi connectivity index (χ2n) is 1.71. The summed E-state index contributed by atoms with van der Waals surface area (Å²) in [7, 11) is 0. The van der Waals surface area contributed by atoms with Crippen LogP contribution in [0.1, 0.15) is 0 Å². The molecule has 0 saturated carbocycles. The van der Waals surface area contributed by atoms with Crippen molar-refractivity contribution in [3.05, 3.63) is 11.6 Å². The van der Waals surface area contributed by atoms with Gasteiger partial charge in [-0.25, -0.2) is 4.98 Å². The second-order valence-corrected chi connectivity index (χ2v) is 4.39. The summed E-state index contributed by atoms with van der Waals surface area (Å²) in [6, 6.07) is 1.95. The molecule has 0 radical (unpaired) electrons. The lowest BCUT2D eigenvalue weighted by atomic mass is 10.5. The van der Waals surface area contributed by atoms with Gasteiger partial charge in [0.15, 0.2) is 0 Å². The van der Waals surface area contributed by atoms with Crippen LogP contribution in [0.2, 0.25) is 0 Å². The van der Waals surface area contributed by atoms with Crippen LogP contribution in [0.4, 0.5) is 0 Å². The molecule has 1 aromatic rings. The van der Waals surface area contributed by atoms with Gasteiger partial charge in [0.25, 0.3) is 0 Å². The zero-order valence-corrected chi connectivity index (χ0v) is 7.92. The van der Waals surface area contributed by atoms with Crippen LogP contribution in [0.5, 0.6) is 0 Å². The van der Waals surface area contributed by atoms with Crippen LogP contribution in [0.25, 0.3) is 0 Å². The minimum absolute atomic E-state index is 0.413. The van der Waals surface area contributed by atoms with Gasteiger partial charge in [0.05, 0.1) is 6.07 Å². The number of aromatic nitrogens is 1. The van der Waals surface area contributed by atoms with Gasteiger partial charge in [0, 0.05) is 17.3 Å². The maximum absolute atomic E-state index is 8.35. The summed E-state index contributed by atoms with van der Waals surface area (Å²) in [6.07, 6.45) is 1.74. The summed E-state index contributed by atoms with van der Waals surface area (Å²) in [5.74, 6) is 0.603. The first-order valence-corrected chi connectivity index (χ1v) is 5.19. The number of nitriles is 1. The summed E-state index contributed by atoms with van der Waals surface area (Å²) in [6.45, 7) is 0. The van der Waals surface area contributed by atoms with Gasteiger partial charge in [-0.05, 0) is 0 Å². The van der Waals surface area contributed by atoms with Crippen molar-refractivity contribution in [1.82, 2.24) is 4.98 Å². The smallest absolute Gasteiger partial charge is 0.149 e. The van der Waals surface area contributed by atoms with E-state index in [0.717, 1.165) is 4.34 Å². The molecule has 0 aliphatic carbocycles. The first-order valence-electron chi connectivity index (χ1n) is 2.89. The fourth-order valence-corrected chi connectivity index (χ4v) is 2.15. The van der Waals surface area contributed by atoms with E-state index < -0.39 is 5.38 Å². The minimum Gasteiger partial charge on any atom is -0.238 e. The molecule has 0 fully saturated rings. The Bertz CT molecular complexity index is 242. The number of halogens is 1. The first kappa shape index (κ1) is 8.85. The number of rotatable bonds is 3. The summed E-state index contributed by atoms with van der Waals surface area (Å²) in [5.41, 5.74) is 0. The fourth-order valence-electron chi connectivity index (χ4n) is 0.463. The maximum atomic E-state index is 8.35. The van der Waals surface area contributed by atoms with Crippen molar-refractivity contribution in [2.45, 2.75) is 9.72 Å². The highest BCUT2D eigenvalue weighted by molar-refractivity contribution is 8.01. The third-order valence-electron chi connectivity index (χ3n) is 0.903. The molecule has 0 aromatic carbocycles. The van der Waals surface area contributed by atoms with Crippen molar-refractivity contribution >= 4 is 34.7 Å². The Morgan fingerprint density at radius 3 is 3.27 bits per heavy atom. The van der Waals surface area contributed by atoms with E-state index in [4.69, 9.17) is 16.9 Å². The molecule has 1 aromatic heterocycles. The number of alkyl halides is 1. The molecular formula is C6H5ClN2S2. The molecule has 1 heterocycles. The van der Waals surface area contributed by atoms with Crippen LogP contribution in [0.15, 0.2) is 15.9 Å². The van der Waals surface area contributed by atoms with E-state index in [0.29, 0.717) is 5.75 Å². The summed E-state index contributed by atoms with van der Waals surface area (Å²) < 4.78 is 0.964. The first-order chi connectivity index (χ1) is 5.33.